The molecule has 2 rings (SSSR count). The van der Waals surface area contributed by atoms with Gasteiger partial charge in [-0.2, -0.15) is 0 Å². The van der Waals surface area contributed by atoms with E-state index in [0.29, 0.717) is 22.0 Å². The Bertz CT molecular complexity index is 632. The average molecular weight is 290 g/mol. The Labute approximate surface area is 120 Å². The summed E-state index contributed by atoms with van der Waals surface area (Å²) in [7, 11) is 0. The molecule has 0 radical (unpaired) electrons. The van der Waals surface area contributed by atoms with Crippen LogP contribution in [-0.4, -0.2) is 11.9 Å². The van der Waals surface area contributed by atoms with Crippen molar-refractivity contribution in [1.82, 2.24) is 0 Å². The van der Waals surface area contributed by atoms with E-state index in [4.69, 9.17) is 27.8 Å². The highest BCUT2D eigenvalue weighted by Crippen LogP contribution is 2.18. The summed E-state index contributed by atoms with van der Waals surface area (Å²) in [6, 6.07) is 12.9. The quantitative estimate of drug-likeness (QED) is 0.393. The molecule has 6 heteroatoms. The van der Waals surface area contributed by atoms with Gasteiger partial charge in [-0.25, -0.2) is 9.79 Å². The van der Waals surface area contributed by atoms with Crippen LogP contribution in [0.4, 0.5) is 5.69 Å². The third-order valence-corrected chi connectivity index (χ3v) is 2.64. The SMILES string of the molecule is NC(N)=Nc1ccc(C(=O)Oc2ccc(Cl)cc2)cc1. The number of ether oxygens (including phenoxy) is 1. The van der Waals surface area contributed by atoms with Crippen LogP contribution >= 0.6 is 11.6 Å². The lowest BCUT2D eigenvalue weighted by molar-refractivity contribution is 0.0735. The number of nitrogens with zero attached hydrogens (tertiary/aromatic N) is 1. The first-order chi connectivity index (χ1) is 9.54. The Morgan fingerprint density at radius 3 is 2.15 bits per heavy atom. The van der Waals surface area contributed by atoms with Crippen LogP contribution in [0.25, 0.3) is 0 Å². The summed E-state index contributed by atoms with van der Waals surface area (Å²) >= 11 is 5.75. The molecule has 0 unspecified atom stereocenters. The van der Waals surface area contributed by atoms with Crippen LogP contribution in [0.1, 0.15) is 10.4 Å². The molecule has 5 nitrogen and oxygen atoms in total. The van der Waals surface area contributed by atoms with Gasteiger partial charge in [-0.1, -0.05) is 11.6 Å². The maximum Gasteiger partial charge on any atom is 0.343 e. The van der Waals surface area contributed by atoms with E-state index in [1.54, 1.807) is 48.5 Å². The lowest BCUT2D eigenvalue weighted by Gasteiger charge is -2.04. The van der Waals surface area contributed by atoms with Crippen molar-refractivity contribution in [2.75, 3.05) is 0 Å². The number of carbonyl (C=O) groups is 1. The smallest absolute Gasteiger partial charge is 0.343 e. The van der Waals surface area contributed by atoms with Gasteiger partial charge in [-0.3, -0.25) is 0 Å². The molecular formula is C14H12ClN3O2. The summed E-state index contributed by atoms with van der Waals surface area (Å²) in [6.07, 6.45) is 0. The molecule has 0 aliphatic rings. The van der Waals surface area contributed by atoms with Crippen LogP contribution in [0.2, 0.25) is 5.02 Å². The molecule has 0 amide bonds. The molecule has 0 heterocycles. The van der Waals surface area contributed by atoms with Gasteiger partial charge in [0.25, 0.3) is 0 Å². The topological polar surface area (TPSA) is 90.7 Å². The van der Waals surface area contributed by atoms with E-state index in [9.17, 15) is 4.79 Å². The number of halogens is 1. The van der Waals surface area contributed by atoms with E-state index in [1.807, 2.05) is 0 Å². The van der Waals surface area contributed by atoms with Gasteiger partial charge in [0.05, 0.1) is 11.3 Å². The zero-order valence-electron chi connectivity index (χ0n) is 10.4. The van der Waals surface area contributed by atoms with Crippen molar-refractivity contribution in [3.8, 4) is 5.75 Å². The van der Waals surface area contributed by atoms with Crippen molar-refractivity contribution < 1.29 is 9.53 Å². The summed E-state index contributed by atoms with van der Waals surface area (Å²) in [5, 5.41) is 0.575. The van der Waals surface area contributed by atoms with Gasteiger partial charge in [0.2, 0.25) is 0 Å². The van der Waals surface area contributed by atoms with Crippen LogP contribution in [0.3, 0.4) is 0 Å². The lowest BCUT2D eigenvalue weighted by atomic mass is 10.2. The number of rotatable bonds is 3. The summed E-state index contributed by atoms with van der Waals surface area (Å²) in [4.78, 5) is 15.8. The molecule has 2 aromatic carbocycles. The van der Waals surface area contributed by atoms with Crippen LogP contribution in [0.5, 0.6) is 5.75 Å². The van der Waals surface area contributed by atoms with E-state index in [0.717, 1.165) is 0 Å². The normalized spacial score (nSPS) is 9.85. The van der Waals surface area contributed by atoms with Gasteiger partial charge < -0.3 is 16.2 Å². The highest BCUT2D eigenvalue weighted by molar-refractivity contribution is 6.30. The molecule has 0 fully saturated rings. The number of hydrogen-bond donors (Lipinski definition) is 2. The van der Waals surface area contributed by atoms with Crippen molar-refractivity contribution in [1.29, 1.82) is 0 Å². The Balaban J connectivity index is 2.09. The summed E-state index contributed by atoms with van der Waals surface area (Å²) in [5.41, 5.74) is 11.5. The molecule has 0 atom stereocenters. The summed E-state index contributed by atoms with van der Waals surface area (Å²) in [6.45, 7) is 0. The number of esters is 1. The van der Waals surface area contributed by atoms with Gasteiger partial charge in [-0.05, 0) is 48.5 Å². The minimum atomic E-state index is -0.469. The fourth-order valence-corrected chi connectivity index (χ4v) is 1.62. The van der Waals surface area contributed by atoms with E-state index in [1.165, 1.54) is 0 Å². The van der Waals surface area contributed by atoms with Gasteiger partial charge in [0.1, 0.15) is 5.75 Å². The molecule has 0 bridgehead atoms. The average Bonchev–Trinajstić information content (AvgIpc) is 2.41. The Morgan fingerprint density at radius 1 is 1.00 bits per heavy atom. The highest BCUT2D eigenvalue weighted by Gasteiger charge is 2.08. The number of benzene rings is 2. The Morgan fingerprint density at radius 2 is 1.60 bits per heavy atom. The van der Waals surface area contributed by atoms with Crippen molar-refractivity contribution in [2.45, 2.75) is 0 Å². The number of aliphatic imine (C=N–C) groups is 1. The Hall–Kier alpha value is -2.53. The molecular weight excluding hydrogens is 278 g/mol. The largest absolute Gasteiger partial charge is 0.423 e. The second-order valence-electron chi connectivity index (χ2n) is 3.93. The third kappa shape index (κ3) is 3.73. The van der Waals surface area contributed by atoms with Crippen molar-refractivity contribution in [3.05, 3.63) is 59.1 Å². The van der Waals surface area contributed by atoms with Gasteiger partial charge in [0.15, 0.2) is 5.96 Å². The van der Waals surface area contributed by atoms with E-state index in [-0.39, 0.29) is 5.96 Å². The Kier molecular flexibility index (Phi) is 4.22. The maximum atomic E-state index is 11.9. The second-order valence-corrected chi connectivity index (χ2v) is 4.36. The molecule has 0 saturated heterocycles. The predicted octanol–water partition coefficient (Wildman–Crippen LogP) is 2.46. The van der Waals surface area contributed by atoms with Crippen LogP contribution in [0.15, 0.2) is 53.5 Å². The molecule has 0 saturated carbocycles. The molecule has 0 aliphatic carbocycles. The van der Waals surface area contributed by atoms with Crippen LogP contribution in [0, 0.1) is 0 Å². The first kappa shape index (κ1) is 13.9. The fraction of sp³-hybridized carbons (Fsp3) is 0. The molecule has 4 N–H and O–H groups in total. The zero-order valence-corrected chi connectivity index (χ0v) is 11.2. The van der Waals surface area contributed by atoms with Gasteiger partial charge in [0, 0.05) is 5.02 Å². The number of carbonyl (C=O) groups excluding carboxylic acids is 1. The molecule has 102 valence electrons. The molecule has 2 aromatic rings. The monoisotopic (exact) mass is 289 g/mol. The highest BCUT2D eigenvalue weighted by atomic mass is 35.5. The minimum Gasteiger partial charge on any atom is -0.423 e. The minimum absolute atomic E-state index is 0.0403. The number of hydrogen-bond acceptors (Lipinski definition) is 3. The van der Waals surface area contributed by atoms with Crippen molar-refractivity contribution in [2.24, 2.45) is 16.5 Å². The van der Waals surface area contributed by atoms with Crippen LogP contribution in [-0.2, 0) is 0 Å². The van der Waals surface area contributed by atoms with Crippen molar-refractivity contribution >= 4 is 29.2 Å². The van der Waals surface area contributed by atoms with E-state index >= 15 is 0 Å². The first-order valence-corrected chi connectivity index (χ1v) is 6.10. The van der Waals surface area contributed by atoms with Crippen molar-refractivity contribution in [3.63, 3.8) is 0 Å². The first-order valence-electron chi connectivity index (χ1n) is 5.72. The predicted molar refractivity (Wildman–Crippen MR) is 78.3 cm³/mol. The second kappa shape index (κ2) is 6.08. The maximum absolute atomic E-state index is 11.9. The standard InChI is InChI=1S/C14H12ClN3O2/c15-10-3-7-12(8-4-10)20-13(19)9-1-5-11(6-2-9)18-14(16)17/h1-8H,(H4,16,17,18). The van der Waals surface area contributed by atoms with Gasteiger partial charge >= 0.3 is 5.97 Å². The van der Waals surface area contributed by atoms with E-state index < -0.39 is 5.97 Å². The summed E-state index contributed by atoms with van der Waals surface area (Å²) in [5.74, 6) is -0.0854. The fourth-order valence-electron chi connectivity index (χ4n) is 1.49. The molecule has 0 aliphatic heterocycles. The molecule has 0 spiro atoms. The van der Waals surface area contributed by atoms with Crippen LogP contribution < -0.4 is 16.2 Å². The zero-order chi connectivity index (χ0) is 14.5. The summed E-state index contributed by atoms with van der Waals surface area (Å²) < 4.78 is 5.19. The number of guanidine groups is 1. The third-order valence-electron chi connectivity index (χ3n) is 2.39. The van der Waals surface area contributed by atoms with Gasteiger partial charge in [-0.15, -0.1) is 0 Å². The number of nitrogens with two attached hydrogens (primary N) is 2. The van der Waals surface area contributed by atoms with E-state index in [2.05, 4.69) is 4.99 Å². The molecule has 0 aromatic heterocycles. The lowest BCUT2D eigenvalue weighted by Crippen LogP contribution is -2.21. The molecule has 20 heavy (non-hydrogen) atoms.